The molecule has 62 valence electrons. The van der Waals surface area contributed by atoms with Crippen LogP contribution >= 0.6 is 0 Å². The molecule has 4 aliphatic carbocycles. The lowest BCUT2D eigenvalue weighted by Crippen LogP contribution is -2.35. The molecule has 2 atom stereocenters. The maximum absolute atomic E-state index is 13.4. The van der Waals surface area contributed by atoms with E-state index in [-0.39, 0.29) is 24.3 Å². The normalized spacial score (nSPS) is 61.9. The standard InChI is InChI=1S/C8H11F2N/c9-8(10)4-1-5-6(2-4)7(5,8)3-11/h4-6H,1-3,11H2. The fourth-order valence-corrected chi connectivity index (χ4v) is 3.67. The van der Waals surface area contributed by atoms with E-state index in [1.165, 1.54) is 0 Å². The fraction of sp³-hybridized carbons (Fsp3) is 1.00. The van der Waals surface area contributed by atoms with Crippen LogP contribution in [0.4, 0.5) is 8.78 Å². The van der Waals surface area contributed by atoms with E-state index in [1.54, 1.807) is 0 Å². The summed E-state index contributed by atoms with van der Waals surface area (Å²) >= 11 is 0. The van der Waals surface area contributed by atoms with E-state index < -0.39 is 11.3 Å². The van der Waals surface area contributed by atoms with Crippen molar-refractivity contribution in [2.24, 2.45) is 28.9 Å². The highest BCUT2D eigenvalue weighted by Crippen LogP contribution is 2.84. The molecule has 4 aliphatic rings. The molecule has 0 aromatic carbocycles. The van der Waals surface area contributed by atoms with E-state index in [0.29, 0.717) is 0 Å². The van der Waals surface area contributed by atoms with E-state index in [2.05, 4.69) is 0 Å². The summed E-state index contributed by atoms with van der Waals surface area (Å²) in [5.74, 6) is -2.17. The van der Waals surface area contributed by atoms with Gasteiger partial charge in [-0.1, -0.05) is 0 Å². The third-order valence-electron chi connectivity index (χ3n) is 4.25. The van der Waals surface area contributed by atoms with Crippen LogP contribution < -0.4 is 5.73 Å². The van der Waals surface area contributed by atoms with E-state index in [0.717, 1.165) is 12.8 Å². The Balaban J connectivity index is 2.10. The molecule has 0 saturated heterocycles. The highest BCUT2D eigenvalue weighted by Gasteiger charge is 2.87. The maximum Gasteiger partial charge on any atom is 0.258 e. The van der Waals surface area contributed by atoms with Crippen LogP contribution in [0.25, 0.3) is 0 Å². The van der Waals surface area contributed by atoms with Gasteiger partial charge in [-0.3, -0.25) is 0 Å². The van der Waals surface area contributed by atoms with E-state index >= 15 is 0 Å². The smallest absolute Gasteiger partial charge is 0.258 e. The van der Waals surface area contributed by atoms with Crippen molar-refractivity contribution >= 4 is 0 Å². The van der Waals surface area contributed by atoms with Gasteiger partial charge in [0.05, 0.1) is 5.41 Å². The predicted molar refractivity (Wildman–Crippen MR) is 36.1 cm³/mol. The molecule has 0 radical (unpaired) electrons. The van der Waals surface area contributed by atoms with Gasteiger partial charge in [0.2, 0.25) is 0 Å². The third-order valence-corrected chi connectivity index (χ3v) is 4.25. The van der Waals surface area contributed by atoms with Gasteiger partial charge in [-0.2, -0.15) is 0 Å². The first-order valence-corrected chi connectivity index (χ1v) is 4.22. The predicted octanol–water partition coefficient (Wildman–Crippen LogP) is 1.24. The van der Waals surface area contributed by atoms with Crippen LogP contribution in [0.2, 0.25) is 0 Å². The van der Waals surface area contributed by atoms with Gasteiger partial charge in [0.15, 0.2) is 0 Å². The number of hydrogen-bond acceptors (Lipinski definition) is 1. The Hall–Kier alpha value is -0.180. The van der Waals surface area contributed by atoms with Crippen LogP contribution in [0.5, 0.6) is 0 Å². The zero-order chi connectivity index (χ0) is 7.85. The number of alkyl halides is 2. The molecular formula is C8H11F2N. The van der Waals surface area contributed by atoms with Gasteiger partial charge in [-0.15, -0.1) is 0 Å². The second kappa shape index (κ2) is 1.35. The van der Waals surface area contributed by atoms with Crippen LogP contribution in [-0.4, -0.2) is 12.5 Å². The van der Waals surface area contributed by atoms with E-state index in [4.69, 9.17) is 5.73 Å². The van der Waals surface area contributed by atoms with Gasteiger partial charge in [0, 0.05) is 12.5 Å². The SMILES string of the molecule is NCC12C3CC(CC31)C2(F)F. The first kappa shape index (κ1) is 6.35. The largest absolute Gasteiger partial charge is 0.330 e. The fourth-order valence-electron chi connectivity index (χ4n) is 3.67. The number of nitrogens with two attached hydrogens (primary N) is 1. The molecule has 4 rings (SSSR count). The Morgan fingerprint density at radius 2 is 1.82 bits per heavy atom. The number of halogens is 2. The highest BCUT2D eigenvalue weighted by molar-refractivity contribution is 5.30. The lowest BCUT2D eigenvalue weighted by molar-refractivity contribution is -0.0752. The van der Waals surface area contributed by atoms with Crippen LogP contribution in [0.1, 0.15) is 12.8 Å². The highest BCUT2D eigenvalue weighted by atomic mass is 19.3. The first-order valence-electron chi connectivity index (χ1n) is 4.22. The summed E-state index contributed by atoms with van der Waals surface area (Å²) in [6, 6.07) is 0. The molecule has 2 N–H and O–H groups in total. The van der Waals surface area contributed by atoms with Crippen molar-refractivity contribution in [3.05, 3.63) is 0 Å². The Morgan fingerprint density at radius 3 is 2.00 bits per heavy atom. The van der Waals surface area contributed by atoms with Gasteiger partial charge < -0.3 is 5.73 Å². The summed E-state index contributed by atoms with van der Waals surface area (Å²) in [7, 11) is 0. The van der Waals surface area contributed by atoms with E-state index in [9.17, 15) is 8.78 Å². The van der Waals surface area contributed by atoms with Crippen molar-refractivity contribution in [2.75, 3.05) is 6.54 Å². The molecule has 0 heterocycles. The maximum atomic E-state index is 13.4. The van der Waals surface area contributed by atoms with Crippen molar-refractivity contribution in [3.8, 4) is 0 Å². The summed E-state index contributed by atoms with van der Waals surface area (Å²) in [5, 5.41) is 0. The van der Waals surface area contributed by atoms with Crippen molar-refractivity contribution < 1.29 is 8.78 Å². The topological polar surface area (TPSA) is 26.0 Å². The van der Waals surface area contributed by atoms with Crippen molar-refractivity contribution in [2.45, 2.75) is 18.8 Å². The molecule has 1 nitrogen and oxygen atoms in total. The molecule has 0 aliphatic heterocycles. The van der Waals surface area contributed by atoms with Gasteiger partial charge in [-0.25, -0.2) is 8.78 Å². The Kier molecular flexibility index (Phi) is 0.777. The molecule has 0 amide bonds. The molecule has 2 unspecified atom stereocenters. The van der Waals surface area contributed by atoms with Gasteiger partial charge >= 0.3 is 0 Å². The van der Waals surface area contributed by atoms with Gasteiger partial charge in [0.1, 0.15) is 0 Å². The molecule has 3 heteroatoms. The molecule has 11 heavy (non-hydrogen) atoms. The Morgan fingerprint density at radius 1 is 1.27 bits per heavy atom. The number of hydrogen-bond donors (Lipinski definition) is 1. The van der Waals surface area contributed by atoms with Gasteiger partial charge in [-0.05, 0) is 24.7 Å². The Bertz CT molecular complexity index is 214. The Labute approximate surface area is 63.9 Å². The second-order valence-electron chi connectivity index (χ2n) is 4.25. The zero-order valence-corrected chi connectivity index (χ0v) is 6.19. The molecule has 0 aromatic heterocycles. The first-order chi connectivity index (χ1) is 5.14. The monoisotopic (exact) mass is 159 g/mol. The molecule has 4 bridgehead atoms. The average Bonchev–Trinajstić information content (AvgIpc) is 2.26. The molecule has 0 aromatic rings. The lowest BCUT2D eigenvalue weighted by Gasteiger charge is -2.21. The third kappa shape index (κ3) is 0.379. The summed E-state index contributed by atoms with van der Waals surface area (Å²) in [6.07, 6.45) is 1.49. The molecular weight excluding hydrogens is 148 g/mol. The quantitative estimate of drug-likeness (QED) is 0.612. The summed E-state index contributed by atoms with van der Waals surface area (Å²) in [4.78, 5) is 0. The molecule has 4 fully saturated rings. The van der Waals surface area contributed by atoms with Gasteiger partial charge in [0.25, 0.3) is 5.92 Å². The molecule has 4 saturated carbocycles. The van der Waals surface area contributed by atoms with Crippen LogP contribution in [0.15, 0.2) is 0 Å². The van der Waals surface area contributed by atoms with Crippen LogP contribution in [-0.2, 0) is 0 Å². The minimum absolute atomic E-state index is 0.200. The minimum atomic E-state index is -2.42. The van der Waals surface area contributed by atoms with Crippen LogP contribution in [0.3, 0.4) is 0 Å². The van der Waals surface area contributed by atoms with Crippen molar-refractivity contribution in [3.63, 3.8) is 0 Å². The second-order valence-corrected chi connectivity index (χ2v) is 4.25. The summed E-state index contributed by atoms with van der Waals surface area (Å²) in [6.45, 7) is 0.200. The van der Waals surface area contributed by atoms with Crippen molar-refractivity contribution in [1.29, 1.82) is 0 Å². The summed E-state index contributed by atoms with van der Waals surface area (Å²) < 4.78 is 26.8. The van der Waals surface area contributed by atoms with Crippen molar-refractivity contribution in [1.82, 2.24) is 0 Å². The minimum Gasteiger partial charge on any atom is -0.330 e. The van der Waals surface area contributed by atoms with Crippen LogP contribution in [0, 0.1) is 23.2 Å². The summed E-state index contributed by atoms with van der Waals surface area (Å²) in [5.41, 5.74) is 4.70. The molecule has 0 spiro atoms. The van der Waals surface area contributed by atoms with E-state index in [1.807, 2.05) is 0 Å². The zero-order valence-electron chi connectivity index (χ0n) is 6.19. The number of rotatable bonds is 1. The lowest BCUT2D eigenvalue weighted by atomic mass is 10.00. The average molecular weight is 159 g/mol.